The molecular weight excluding hydrogens is 666 g/mol. The number of likely N-dealkylation sites (N-methyl/N-ethyl adjacent to an activating group) is 1. The van der Waals surface area contributed by atoms with Gasteiger partial charge < -0.3 is 39.4 Å². The van der Waals surface area contributed by atoms with E-state index in [1.54, 1.807) is 70.3 Å². The van der Waals surface area contributed by atoms with Crippen LogP contribution in [0.25, 0.3) is 0 Å². The van der Waals surface area contributed by atoms with Gasteiger partial charge in [0.05, 0.1) is 37.5 Å². The SMILES string of the molecule is COc1ccc(NC(=O)Nc2ccc3c(c2)C(=O)N([C@H](C)CO)C[C@@H](C)[C@@H](CN(C)S(=O)(=O)c2c(C)noc2C)OCCCC[C@H](C)O3)cc1. The van der Waals surface area contributed by atoms with E-state index in [4.69, 9.17) is 18.7 Å². The first-order valence-electron chi connectivity index (χ1n) is 16.7. The lowest BCUT2D eigenvalue weighted by molar-refractivity contribution is -0.00835. The van der Waals surface area contributed by atoms with Crippen LogP contribution in [-0.4, -0.2) is 98.5 Å². The average molecular weight is 716 g/mol. The van der Waals surface area contributed by atoms with Gasteiger partial charge in [0.25, 0.3) is 5.91 Å². The van der Waals surface area contributed by atoms with Crippen molar-refractivity contribution in [1.29, 1.82) is 0 Å². The van der Waals surface area contributed by atoms with Gasteiger partial charge in [-0.25, -0.2) is 13.2 Å². The number of rotatable bonds is 9. The number of methoxy groups -OCH3 is 1. The van der Waals surface area contributed by atoms with Gasteiger partial charge in [0.15, 0.2) is 5.76 Å². The van der Waals surface area contributed by atoms with E-state index in [0.717, 1.165) is 6.42 Å². The van der Waals surface area contributed by atoms with Crippen LogP contribution in [0.5, 0.6) is 11.5 Å². The number of aliphatic hydroxyl groups is 1. The molecule has 0 radical (unpaired) electrons. The molecule has 4 rings (SSSR count). The molecule has 0 bridgehead atoms. The molecule has 0 unspecified atom stereocenters. The molecule has 3 aromatic rings. The number of anilines is 2. The third-order valence-corrected chi connectivity index (χ3v) is 10.8. The normalized spacial score (nSPS) is 20.0. The lowest BCUT2D eigenvalue weighted by Gasteiger charge is -2.35. The van der Waals surface area contributed by atoms with Gasteiger partial charge in [-0.15, -0.1) is 0 Å². The summed E-state index contributed by atoms with van der Waals surface area (Å²) in [5.74, 6) is 0.412. The fourth-order valence-corrected chi connectivity index (χ4v) is 7.25. The molecule has 2 aromatic carbocycles. The Kier molecular flexibility index (Phi) is 13.3. The van der Waals surface area contributed by atoms with E-state index in [1.807, 2.05) is 13.8 Å². The van der Waals surface area contributed by atoms with Crippen molar-refractivity contribution >= 4 is 33.3 Å². The van der Waals surface area contributed by atoms with Crippen LogP contribution in [0.3, 0.4) is 0 Å². The second-order valence-corrected chi connectivity index (χ2v) is 14.7. The average Bonchev–Trinajstić information content (AvgIpc) is 3.44. The maximum absolute atomic E-state index is 14.4. The van der Waals surface area contributed by atoms with Crippen molar-refractivity contribution < 1.29 is 41.8 Å². The standard InChI is InChI=1S/C35H49N5O9S/c1-22-19-40(23(2)21-41)34(42)30-18-28(37-35(43)36-27-11-14-29(46-7)15-12-27)13-16-31(30)48-24(3)10-8-9-17-47-32(22)20-39(6)50(44,45)33-25(4)38-49-26(33)5/h11-16,18,22-24,32,41H,8-10,17,19-21H2,1-7H3,(H2,36,37,43)/t22-,23-,24+,32-/m1/s1. The van der Waals surface area contributed by atoms with Gasteiger partial charge in [-0.3, -0.25) is 4.79 Å². The van der Waals surface area contributed by atoms with Crippen molar-refractivity contribution in [3.63, 3.8) is 0 Å². The van der Waals surface area contributed by atoms with Crippen LogP contribution < -0.4 is 20.1 Å². The van der Waals surface area contributed by atoms with E-state index in [-0.39, 0.29) is 53.6 Å². The Labute approximate surface area is 294 Å². The van der Waals surface area contributed by atoms with Gasteiger partial charge in [0.1, 0.15) is 22.1 Å². The van der Waals surface area contributed by atoms with Gasteiger partial charge in [0, 0.05) is 44.0 Å². The maximum Gasteiger partial charge on any atom is 0.323 e. The van der Waals surface area contributed by atoms with E-state index >= 15 is 0 Å². The van der Waals surface area contributed by atoms with Crippen molar-refractivity contribution in [2.24, 2.45) is 5.92 Å². The summed E-state index contributed by atoms with van der Waals surface area (Å²) in [5, 5.41) is 19.6. The third-order valence-electron chi connectivity index (χ3n) is 8.73. The Morgan fingerprint density at radius 1 is 1.12 bits per heavy atom. The summed E-state index contributed by atoms with van der Waals surface area (Å²) in [7, 11) is -0.917. The number of hydrogen-bond acceptors (Lipinski definition) is 10. The number of carbonyl (C=O) groups is 2. The lowest BCUT2D eigenvalue weighted by atomic mass is 10.0. The second-order valence-electron chi connectivity index (χ2n) is 12.8. The summed E-state index contributed by atoms with van der Waals surface area (Å²) >= 11 is 0. The monoisotopic (exact) mass is 715 g/mol. The van der Waals surface area contributed by atoms with E-state index in [0.29, 0.717) is 42.3 Å². The first-order chi connectivity index (χ1) is 23.7. The third kappa shape index (κ3) is 9.53. The number of hydrogen-bond donors (Lipinski definition) is 3. The molecule has 2 heterocycles. The maximum atomic E-state index is 14.4. The Balaban J connectivity index is 1.62. The number of aliphatic hydroxyl groups excluding tert-OH is 1. The number of aryl methyl sites for hydroxylation is 2. The Hall–Kier alpha value is -4.18. The molecule has 1 aliphatic rings. The fourth-order valence-electron chi connectivity index (χ4n) is 5.78. The predicted octanol–water partition coefficient (Wildman–Crippen LogP) is 5.06. The topological polar surface area (TPSA) is 173 Å². The van der Waals surface area contributed by atoms with Gasteiger partial charge in [-0.05, 0) is 89.4 Å². The highest BCUT2D eigenvalue weighted by molar-refractivity contribution is 7.89. The number of sulfonamides is 1. The largest absolute Gasteiger partial charge is 0.497 e. The van der Waals surface area contributed by atoms with Crippen LogP contribution >= 0.6 is 0 Å². The smallest absolute Gasteiger partial charge is 0.323 e. The number of urea groups is 1. The highest BCUT2D eigenvalue weighted by Crippen LogP contribution is 2.29. The van der Waals surface area contributed by atoms with E-state index < -0.39 is 34.1 Å². The quantitative estimate of drug-likeness (QED) is 0.272. The summed E-state index contributed by atoms with van der Waals surface area (Å²) < 4.78 is 51.3. The molecule has 0 saturated carbocycles. The van der Waals surface area contributed by atoms with Gasteiger partial charge in [-0.2, -0.15) is 4.31 Å². The second kappa shape index (κ2) is 17.2. The van der Waals surface area contributed by atoms with Gasteiger partial charge in [0.2, 0.25) is 10.0 Å². The summed E-state index contributed by atoms with van der Waals surface area (Å²) in [5.41, 5.74) is 1.38. The highest BCUT2D eigenvalue weighted by Gasteiger charge is 2.34. The number of nitrogens with one attached hydrogen (secondary N) is 2. The van der Waals surface area contributed by atoms with Gasteiger partial charge >= 0.3 is 6.03 Å². The minimum Gasteiger partial charge on any atom is -0.497 e. The van der Waals surface area contributed by atoms with Crippen molar-refractivity contribution in [2.45, 2.75) is 77.0 Å². The van der Waals surface area contributed by atoms with E-state index in [9.17, 15) is 23.1 Å². The summed E-state index contributed by atoms with van der Waals surface area (Å²) in [4.78, 5) is 28.9. The number of nitrogens with zero attached hydrogens (tertiary/aromatic N) is 3. The minimum atomic E-state index is -3.96. The van der Waals surface area contributed by atoms with Crippen LogP contribution in [0.2, 0.25) is 0 Å². The molecule has 3 amide bonds. The summed E-state index contributed by atoms with van der Waals surface area (Å²) in [6, 6.07) is 10.6. The molecule has 274 valence electrons. The fraction of sp³-hybridized carbons (Fsp3) is 0.514. The number of amides is 3. The van der Waals surface area contributed by atoms with Crippen LogP contribution in [0.1, 0.15) is 61.8 Å². The Morgan fingerprint density at radius 2 is 1.80 bits per heavy atom. The van der Waals surface area contributed by atoms with E-state index in [1.165, 1.54) is 16.3 Å². The first-order valence-corrected chi connectivity index (χ1v) is 18.1. The van der Waals surface area contributed by atoms with E-state index in [2.05, 4.69) is 15.8 Å². The molecule has 14 nitrogen and oxygen atoms in total. The Bertz CT molecular complexity index is 1690. The van der Waals surface area contributed by atoms with Crippen molar-refractivity contribution in [2.75, 3.05) is 51.1 Å². The molecule has 15 heteroatoms. The van der Waals surface area contributed by atoms with Gasteiger partial charge in [-0.1, -0.05) is 12.1 Å². The lowest BCUT2D eigenvalue weighted by Crippen LogP contribution is -2.48. The molecule has 0 aliphatic carbocycles. The number of carbonyl (C=O) groups excluding carboxylic acids is 2. The van der Waals surface area contributed by atoms with Crippen LogP contribution in [0, 0.1) is 19.8 Å². The van der Waals surface area contributed by atoms with Crippen LogP contribution in [0.15, 0.2) is 51.9 Å². The summed E-state index contributed by atoms with van der Waals surface area (Å²) in [6.45, 7) is 8.87. The molecule has 0 fully saturated rings. The number of aromatic nitrogens is 1. The molecule has 50 heavy (non-hydrogen) atoms. The predicted molar refractivity (Wildman–Crippen MR) is 188 cm³/mol. The molecular formula is C35H49N5O9S. The molecule has 4 atom stereocenters. The zero-order valence-electron chi connectivity index (χ0n) is 29.8. The van der Waals surface area contributed by atoms with Crippen molar-refractivity contribution in [3.05, 3.63) is 59.5 Å². The zero-order chi connectivity index (χ0) is 36.6. The van der Waals surface area contributed by atoms with Crippen molar-refractivity contribution in [1.82, 2.24) is 14.4 Å². The highest BCUT2D eigenvalue weighted by atomic mass is 32.2. The Morgan fingerprint density at radius 3 is 2.44 bits per heavy atom. The van der Waals surface area contributed by atoms with Crippen LogP contribution in [-0.2, 0) is 14.8 Å². The number of fused-ring (bicyclic) bond motifs is 1. The molecule has 1 aromatic heterocycles. The molecule has 1 aliphatic heterocycles. The minimum absolute atomic E-state index is 0.0105. The number of ether oxygens (including phenoxy) is 3. The molecule has 3 N–H and O–H groups in total. The molecule has 0 saturated heterocycles. The zero-order valence-corrected chi connectivity index (χ0v) is 30.6. The first kappa shape index (κ1) is 38.6. The molecule has 0 spiro atoms. The summed E-state index contributed by atoms with van der Waals surface area (Å²) in [6.07, 6.45) is 1.33. The van der Waals surface area contributed by atoms with Crippen LogP contribution in [0.4, 0.5) is 16.2 Å². The number of benzene rings is 2. The van der Waals surface area contributed by atoms with Crippen molar-refractivity contribution in [3.8, 4) is 11.5 Å².